The molecule has 0 aliphatic rings. The molecular weight excluding hydrogens is 373 g/mol. The molecule has 1 aromatic carbocycles. The number of aryl methyl sites for hydroxylation is 1. The fourth-order valence-corrected chi connectivity index (χ4v) is 2.33. The normalized spacial score (nSPS) is 10.8. The number of rotatable bonds is 4. The molecule has 0 fully saturated rings. The van der Waals surface area contributed by atoms with Crippen molar-refractivity contribution in [2.75, 3.05) is 0 Å². The quantitative estimate of drug-likeness (QED) is 0.450. The van der Waals surface area contributed by atoms with Crippen LogP contribution >= 0.6 is 22.6 Å². The van der Waals surface area contributed by atoms with Crippen LogP contribution in [0.3, 0.4) is 0 Å². The molecule has 7 heteroatoms. The number of ether oxygens (including phenoxy) is 1. The van der Waals surface area contributed by atoms with Gasteiger partial charge in [0.2, 0.25) is 0 Å². The van der Waals surface area contributed by atoms with Crippen molar-refractivity contribution in [1.82, 2.24) is 9.78 Å². The SMILES string of the molecule is Cc1nn(C(C)C)c(Oc2cccc(I)c2)c1[N+](=O)[O-]. The van der Waals surface area contributed by atoms with Crippen molar-refractivity contribution in [3.8, 4) is 11.6 Å². The van der Waals surface area contributed by atoms with Gasteiger partial charge in [0.15, 0.2) is 0 Å². The van der Waals surface area contributed by atoms with Crippen molar-refractivity contribution in [1.29, 1.82) is 0 Å². The molecular formula is C13H14IN3O3. The Morgan fingerprint density at radius 2 is 2.15 bits per heavy atom. The largest absolute Gasteiger partial charge is 0.434 e. The number of aromatic nitrogens is 2. The van der Waals surface area contributed by atoms with E-state index in [1.165, 1.54) is 4.68 Å². The average Bonchev–Trinajstić information content (AvgIpc) is 2.66. The highest BCUT2D eigenvalue weighted by Crippen LogP contribution is 2.36. The van der Waals surface area contributed by atoms with E-state index in [4.69, 9.17) is 4.74 Å². The van der Waals surface area contributed by atoms with Crippen LogP contribution in [0.25, 0.3) is 0 Å². The molecule has 0 spiro atoms. The summed E-state index contributed by atoms with van der Waals surface area (Å²) in [7, 11) is 0. The third-order valence-electron chi connectivity index (χ3n) is 2.69. The molecule has 1 aromatic heterocycles. The Balaban J connectivity index is 2.51. The zero-order valence-electron chi connectivity index (χ0n) is 11.3. The summed E-state index contributed by atoms with van der Waals surface area (Å²) in [5, 5.41) is 15.4. The highest BCUT2D eigenvalue weighted by Gasteiger charge is 2.28. The fraction of sp³-hybridized carbons (Fsp3) is 0.308. The lowest BCUT2D eigenvalue weighted by Crippen LogP contribution is -2.05. The van der Waals surface area contributed by atoms with E-state index in [9.17, 15) is 10.1 Å². The predicted molar refractivity (Wildman–Crippen MR) is 83.2 cm³/mol. The Kier molecular flexibility index (Phi) is 4.26. The zero-order chi connectivity index (χ0) is 14.9. The van der Waals surface area contributed by atoms with Crippen LogP contribution < -0.4 is 4.74 Å². The summed E-state index contributed by atoms with van der Waals surface area (Å²) in [5.41, 5.74) is 0.266. The summed E-state index contributed by atoms with van der Waals surface area (Å²) >= 11 is 2.16. The van der Waals surface area contributed by atoms with Gasteiger partial charge in [-0.1, -0.05) is 6.07 Å². The molecule has 0 N–H and O–H groups in total. The van der Waals surface area contributed by atoms with E-state index >= 15 is 0 Å². The third-order valence-corrected chi connectivity index (χ3v) is 3.36. The Labute approximate surface area is 130 Å². The van der Waals surface area contributed by atoms with Crippen molar-refractivity contribution in [2.45, 2.75) is 26.8 Å². The number of nitro groups is 1. The van der Waals surface area contributed by atoms with Crippen molar-refractivity contribution in [3.63, 3.8) is 0 Å². The van der Waals surface area contributed by atoms with Crippen LogP contribution in [0.2, 0.25) is 0 Å². The van der Waals surface area contributed by atoms with E-state index < -0.39 is 4.92 Å². The summed E-state index contributed by atoms with van der Waals surface area (Å²) in [6, 6.07) is 7.31. The average molecular weight is 387 g/mol. The maximum absolute atomic E-state index is 11.2. The molecule has 0 amide bonds. The van der Waals surface area contributed by atoms with E-state index in [1.54, 1.807) is 13.0 Å². The highest BCUT2D eigenvalue weighted by molar-refractivity contribution is 14.1. The summed E-state index contributed by atoms with van der Waals surface area (Å²) < 4.78 is 8.25. The molecule has 20 heavy (non-hydrogen) atoms. The predicted octanol–water partition coefficient (Wildman–Crippen LogP) is 4.08. The molecule has 0 bridgehead atoms. The van der Waals surface area contributed by atoms with Crippen LogP contribution in [0.5, 0.6) is 11.6 Å². The van der Waals surface area contributed by atoms with Gasteiger partial charge in [0.25, 0.3) is 5.88 Å². The number of hydrogen-bond donors (Lipinski definition) is 0. The Morgan fingerprint density at radius 1 is 1.45 bits per heavy atom. The topological polar surface area (TPSA) is 70.2 Å². The molecule has 2 aromatic rings. The molecule has 6 nitrogen and oxygen atoms in total. The standard InChI is InChI=1S/C13H14IN3O3/c1-8(2)16-13(12(17(18)19)9(3)15-16)20-11-6-4-5-10(14)7-11/h4-8H,1-3H3. The van der Waals surface area contributed by atoms with Crippen LogP contribution in [-0.4, -0.2) is 14.7 Å². The Morgan fingerprint density at radius 3 is 2.70 bits per heavy atom. The lowest BCUT2D eigenvalue weighted by molar-refractivity contribution is -0.386. The minimum Gasteiger partial charge on any atom is -0.434 e. The summed E-state index contributed by atoms with van der Waals surface area (Å²) in [5.74, 6) is 0.728. The van der Waals surface area contributed by atoms with Gasteiger partial charge >= 0.3 is 5.69 Å². The number of nitrogens with zero attached hydrogens (tertiary/aromatic N) is 3. The van der Waals surface area contributed by atoms with Crippen LogP contribution in [-0.2, 0) is 0 Å². The van der Waals surface area contributed by atoms with Crippen molar-refractivity contribution in [2.24, 2.45) is 0 Å². The molecule has 0 atom stereocenters. The number of benzene rings is 1. The van der Waals surface area contributed by atoms with Gasteiger partial charge < -0.3 is 4.74 Å². The monoisotopic (exact) mass is 387 g/mol. The van der Waals surface area contributed by atoms with E-state index in [0.29, 0.717) is 11.4 Å². The molecule has 2 rings (SSSR count). The fourth-order valence-electron chi connectivity index (χ4n) is 1.82. The summed E-state index contributed by atoms with van der Waals surface area (Å²) in [6.45, 7) is 5.41. The summed E-state index contributed by atoms with van der Waals surface area (Å²) in [6.07, 6.45) is 0. The van der Waals surface area contributed by atoms with Crippen molar-refractivity contribution >= 4 is 28.3 Å². The highest BCUT2D eigenvalue weighted by atomic mass is 127. The lowest BCUT2D eigenvalue weighted by atomic mass is 10.3. The Hall–Kier alpha value is -1.64. The minimum absolute atomic E-state index is 0.0276. The van der Waals surface area contributed by atoms with Gasteiger partial charge in [-0.2, -0.15) is 5.10 Å². The number of halogens is 1. The maximum Gasteiger partial charge on any atom is 0.353 e. The molecule has 0 aliphatic heterocycles. The van der Waals surface area contributed by atoms with Crippen LogP contribution in [0.4, 0.5) is 5.69 Å². The molecule has 0 saturated carbocycles. The molecule has 1 heterocycles. The van der Waals surface area contributed by atoms with E-state index in [0.717, 1.165) is 3.57 Å². The van der Waals surface area contributed by atoms with Gasteiger partial charge in [-0.25, -0.2) is 4.68 Å². The molecule has 0 unspecified atom stereocenters. The van der Waals surface area contributed by atoms with Gasteiger partial charge in [-0.15, -0.1) is 0 Å². The second kappa shape index (κ2) is 5.78. The van der Waals surface area contributed by atoms with Crippen molar-refractivity contribution in [3.05, 3.63) is 43.6 Å². The minimum atomic E-state index is -0.454. The second-order valence-corrected chi connectivity index (χ2v) is 5.84. The lowest BCUT2D eigenvalue weighted by Gasteiger charge is -2.11. The number of hydrogen-bond acceptors (Lipinski definition) is 4. The van der Waals surface area contributed by atoms with Gasteiger partial charge in [0.05, 0.1) is 11.0 Å². The van der Waals surface area contributed by atoms with Gasteiger partial charge in [0, 0.05) is 3.57 Å². The first-order valence-corrected chi connectivity index (χ1v) is 7.15. The van der Waals surface area contributed by atoms with E-state index in [2.05, 4.69) is 27.7 Å². The Bertz CT molecular complexity index is 652. The van der Waals surface area contributed by atoms with Gasteiger partial charge in [-0.05, 0) is 61.6 Å². The first-order chi connectivity index (χ1) is 9.40. The van der Waals surface area contributed by atoms with Gasteiger partial charge in [0.1, 0.15) is 11.4 Å². The smallest absolute Gasteiger partial charge is 0.353 e. The third kappa shape index (κ3) is 2.92. The maximum atomic E-state index is 11.2. The van der Waals surface area contributed by atoms with Gasteiger partial charge in [-0.3, -0.25) is 10.1 Å². The van der Waals surface area contributed by atoms with E-state index in [1.807, 2.05) is 32.0 Å². The van der Waals surface area contributed by atoms with Crippen molar-refractivity contribution < 1.29 is 9.66 Å². The summed E-state index contributed by atoms with van der Waals surface area (Å²) in [4.78, 5) is 10.8. The molecule has 0 saturated heterocycles. The molecule has 0 aliphatic carbocycles. The van der Waals surface area contributed by atoms with Crippen LogP contribution in [0.1, 0.15) is 25.6 Å². The zero-order valence-corrected chi connectivity index (χ0v) is 13.5. The first-order valence-electron chi connectivity index (χ1n) is 6.07. The first kappa shape index (κ1) is 14.8. The molecule has 0 radical (unpaired) electrons. The van der Waals surface area contributed by atoms with Crippen LogP contribution in [0, 0.1) is 20.6 Å². The molecule has 106 valence electrons. The second-order valence-electron chi connectivity index (χ2n) is 4.59. The van der Waals surface area contributed by atoms with Crippen LogP contribution in [0.15, 0.2) is 24.3 Å². The van der Waals surface area contributed by atoms with E-state index in [-0.39, 0.29) is 17.6 Å².